The lowest BCUT2D eigenvalue weighted by molar-refractivity contribution is -0.157. The Balaban J connectivity index is 1.78. The molecule has 0 saturated heterocycles. The average Bonchev–Trinajstić information content (AvgIpc) is 3.07. The van der Waals surface area contributed by atoms with Crippen molar-refractivity contribution >= 4 is 16.9 Å². The summed E-state index contributed by atoms with van der Waals surface area (Å²) < 4.78 is 6.60. The predicted octanol–water partition coefficient (Wildman–Crippen LogP) is 1.41. The molecule has 5 rings (SSSR count). The summed E-state index contributed by atoms with van der Waals surface area (Å²) in [5.74, 6) is -0.731. The van der Waals surface area contributed by atoms with Crippen LogP contribution in [0.3, 0.4) is 0 Å². The zero-order valence-corrected chi connectivity index (χ0v) is 15.1. The number of nitrogens with two attached hydrogens (primary N) is 1. The molecule has 1 atom stereocenters. The summed E-state index contributed by atoms with van der Waals surface area (Å²) >= 11 is 0. The zero-order valence-electron chi connectivity index (χ0n) is 15.1. The second-order valence-corrected chi connectivity index (χ2v) is 7.19. The molecule has 0 aliphatic carbocycles. The number of fused-ring (bicyclic) bond motifs is 5. The van der Waals surface area contributed by atoms with E-state index in [1.165, 1.54) is 0 Å². The van der Waals surface area contributed by atoms with Gasteiger partial charge in [-0.05, 0) is 37.1 Å². The highest BCUT2D eigenvalue weighted by Crippen LogP contribution is 2.38. The van der Waals surface area contributed by atoms with E-state index in [0.717, 1.165) is 40.6 Å². The van der Waals surface area contributed by atoms with Gasteiger partial charge in [0.1, 0.15) is 6.61 Å². The Bertz CT molecular complexity index is 1200. The standard InChI is InChI=1S/C21H19N3O4/c22-7-3-5-11-12-4-1-2-6-16(12)23-18-14(11)9-24-17(18)8-13-15(20(24)26)10-28-21(27)19(13)25/h1-2,4,6,8,19,25H,3,5,7,9-10,22H2/t19-/m0/s1. The first-order chi connectivity index (χ1) is 13.6. The third kappa shape index (κ3) is 2.33. The summed E-state index contributed by atoms with van der Waals surface area (Å²) in [6, 6.07) is 9.62. The van der Waals surface area contributed by atoms with Gasteiger partial charge in [0.2, 0.25) is 0 Å². The molecule has 2 aliphatic heterocycles. The number of pyridine rings is 2. The SMILES string of the molecule is NCCCc1c2c(nc3ccccc13)-c1cc3c(c(=O)n1C2)COC(=O)[C@H]3O. The van der Waals surface area contributed by atoms with Crippen LogP contribution in [0.4, 0.5) is 0 Å². The second-order valence-electron chi connectivity index (χ2n) is 7.19. The second kappa shape index (κ2) is 6.25. The first kappa shape index (κ1) is 17.1. The van der Waals surface area contributed by atoms with Crippen LogP contribution in [0.1, 0.15) is 34.8 Å². The minimum absolute atomic E-state index is 0.115. The molecule has 2 aliphatic rings. The van der Waals surface area contributed by atoms with Crippen LogP contribution in [0.2, 0.25) is 0 Å². The van der Waals surface area contributed by atoms with Crippen LogP contribution in [-0.4, -0.2) is 27.2 Å². The van der Waals surface area contributed by atoms with Gasteiger partial charge in [0, 0.05) is 16.5 Å². The number of aliphatic hydroxyl groups excluding tert-OH is 1. The Morgan fingerprint density at radius 3 is 2.89 bits per heavy atom. The number of hydrogen-bond acceptors (Lipinski definition) is 6. The molecular weight excluding hydrogens is 358 g/mol. The summed E-state index contributed by atoms with van der Waals surface area (Å²) in [6.45, 7) is 0.882. The highest BCUT2D eigenvalue weighted by Gasteiger charge is 2.34. The van der Waals surface area contributed by atoms with Crippen LogP contribution in [0.15, 0.2) is 35.1 Å². The van der Waals surface area contributed by atoms with Gasteiger partial charge in [-0.2, -0.15) is 0 Å². The summed E-state index contributed by atoms with van der Waals surface area (Å²) in [7, 11) is 0. The van der Waals surface area contributed by atoms with Gasteiger partial charge in [0.25, 0.3) is 5.56 Å². The van der Waals surface area contributed by atoms with E-state index in [9.17, 15) is 14.7 Å². The van der Waals surface area contributed by atoms with Crippen LogP contribution in [0.5, 0.6) is 0 Å². The molecule has 142 valence electrons. The molecule has 3 aromatic rings. The number of benzene rings is 1. The van der Waals surface area contributed by atoms with Crippen LogP contribution in [0, 0.1) is 0 Å². The number of hydrogen-bond donors (Lipinski definition) is 2. The van der Waals surface area contributed by atoms with Gasteiger partial charge >= 0.3 is 5.97 Å². The fraction of sp³-hybridized carbons (Fsp3) is 0.286. The molecule has 2 aromatic heterocycles. The molecular formula is C21H19N3O4. The summed E-state index contributed by atoms with van der Waals surface area (Å²) in [5.41, 5.74) is 10.5. The largest absolute Gasteiger partial charge is 0.458 e. The first-order valence-electron chi connectivity index (χ1n) is 9.32. The number of rotatable bonds is 3. The van der Waals surface area contributed by atoms with Crippen molar-refractivity contribution in [3.63, 3.8) is 0 Å². The maximum absolute atomic E-state index is 13.1. The van der Waals surface area contributed by atoms with Crippen molar-refractivity contribution < 1.29 is 14.6 Å². The molecule has 3 N–H and O–H groups in total. The van der Waals surface area contributed by atoms with Gasteiger partial charge in [0.15, 0.2) is 6.10 Å². The predicted molar refractivity (Wildman–Crippen MR) is 103 cm³/mol. The zero-order chi connectivity index (χ0) is 19.4. The molecule has 28 heavy (non-hydrogen) atoms. The molecule has 0 bridgehead atoms. The van der Waals surface area contributed by atoms with Crippen LogP contribution >= 0.6 is 0 Å². The highest BCUT2D eigenvalue weighted by atomic mass is 16.5. The fourth-order valence-electron chi connectivity index (χ4n) is 4.22. The van der Waals surface area contributed by atoms with Gasteiger partial charge in [-0.1, -0.05) is 18.2 Å². The van der Waals surface area contributed by atoms with E-state index >= 15 is 0 Å². The average molecular weight is 377 g/mol. The van der Waals surface area contributed by atoms with Crippen LogP contribution in [0.25, 0.3) is 22.3 Å². The van der Waals surface area contributed by atoms with Crippen molar-refractivity contribution in [2.24, 2.45) is 5.73 Å². The van der Waals surface area contributed by atoms with Crippen LogP contribution in [-0.2, 0) is 29.1 Å². The molecule has 0 radical (unpaired) electrons. The fourth-order valence-corrected chi connectivity index (χ4v) is 4.22. The number of aryl methyl sites for hydroxylation is 1. The quantitative estimate of drug-likeness (QED) is 0.523. The van der Waals surface area contributed by atoms with E-state index in [4.69, 9.17) is 15.5 Å². The lowest BCUT2D eigenvalue weighted by Crippen LogP contribution is -2.32. The number of aliphatic hydroxyl groups is 1. The Kier molecular flexibility index (Phi) is 3.82. The number of aromatic nitrogens is 2. The molecule has 0 unspecified atom stereocenters. The van der Waals surface area contributed by atoms with E-state index < -0.39 is 12.1 Å². The van der Waals surface area contributed by atoms with E-state index in [-0.39, 0.29) is 12.2 Å². The van der Waals surface area contributed by atoms with Gasteiger partial charge in [0.05, 0.1) is 29.0 Å². The summed E-state index contributed by atoms with van der Waals surface area (Å²) in [5, 5.41) is 11.3. The molecule has 0 saturated carbocycles. The minimum Gasteiger partial charge on any atom is -0.458 e. The Morgan fingerprint density at radius 2 is 2.07 bits per heavy atom. The molecule has 7 nitrogen and oxygen atoms in total. The third-order valence-electron chi connectivity index (χ3n) is 5.61. The minimum atomic E-state index is -1.44. The van der Waals surface area contributed by atoms with Crippen molar-refractivity contribution in [2.75, 3.05) is 6.54 Å². The molecule has 0 fully saturated rings. The smallest absolute Gasteiger partial charge is 0.340 e. The number of carbonyl (C=O) groups is 1. The normalized spacial score (nSPS) is 17.2. The number of nitrogens with zero attached hydrogens (tertiary/aromatic N) is 2. The van der Waals surface area contributed by atoms with Crippen molar-refractivity contribution in [3.05, 3.63) is 62.9 Å². The van der Waals surface area contributed by atoms with E-state index in [1.54, 1.807) is 10.6 Å². The van der Waals surface area contributed by atoms with E-state index in [1.807, 2.05) is 24.3 Å². The maximum Gasteiger partial charge on any atom is 0.340 e. The van der Waals surface area contributed by atoms with Crippen LogP contribution < -0.4 is 11.3 Å². The van der Waals surface area contributed by atoms with E-state index in [2.05, 4.69) is 0 Å². The number of ether oxygens (including phenoxy) is 1. The highest BCUT2D eigenvalue weighted by molar-refractivity contribution is 5.88. The molecule has 7 heteroatoms. The van der Waals surface area contributed by atoms with E-state index in [0.29, 0.717) is 29.9 Å². The van der Waals surface area contributed by atoms with Crippen molar-refractivity contribution in [1.82, 2.24) is 9.55 Å². The molecule has 4 heterocycles. The number of carbonyl (C=O) groups excluding carboxylic acids is 1. The molecule has 0 spiro atoms. The topological polar surface area (TPSA) is 107 Å². The van der Waals surface area contributed by atoms with Gasteiger partial charge < -0.3 is 20.1 Å². The summed E-state index contributed by atoms with van der Waals surface area (Å²) in [6.07, 6.45) is 0.196. The maximum atomic E-state index is 13.1. The number of para-hydroxylation sites is 1. The lowest BCUT2D eigenvalue weighted by atomic mass is 9.96. The Hall–Kier alpha value is -3.03. The Labute approximate surface area is 160 Å². The van der Waals surface area contributed by atoms with Crippen molar-refractivity contribution in [2.45, 2.75) is 32.1 Å². The van der Waals surface area contributed by atoms with Crippen molar-refractivity contribution in [1.29, 1.82) is 0 Å². The molecule has 0 amide bonds. The Morgan fingerprint density at radius 1 is 1.25 bits per heavy atom. The number of cyclic esters (lactones) is 1. The third-order valence-corrected chi connectivity index (χ3v) is 5.61. The lowest BCUT2D eigenvalue weighted by Gasteiger charge is -2.21. The van der Waals surface area contributed by atoms with Gasteiger partial charge in [-0.15, -0.1) is 0 Å². The molecule has 1 aromatic carbocycles. The first-order valence-corrected chi connectivity index (χ1v) is 9.32. The summed E-state index contributed by atoms with van der Waals surface area (Å²) in [4.78, 5) is 29.6. The van der Waals surface area contributed by atoms with Crippen molar-refractivity contribution in [3.8, 4) is 11.4 Å². The van der Waals surface area contributed by atoms with Gasteiger partial charge in [-0.3, -0.25) is 4.79 Å². The number of esters is 1. The monoisotopic (exact) mass is 377 g/mol. The van der Waals surface area contributed by atoms with Gasteiger partial charge in [-0.25, -0.2) is 9.78 Å².